The second kappa shape index (κ2) is 9.44. The van der Waals surface area contributed by atoms with E-state index in [0.29, 0.717) is 43.5 Å². The number of nitrogens with zero attached hydrogens (tertiary/aromatic N) is 5. The van der Waals surface area contributed by atoms with E-state index in [1.165, 1.54) is 29.3 Å². The van der Waals surface area contributed by atoms with Gasteiger partial charge in [0.05, 0.1) is 41.6 Å². The number of hydrogen-bond donors (Lipinski definition) is 0. The molecule has 1 amide bonds. The summed E-state index contributed by atoms with van der Waals surface area (Å²) < 4.78 is 29.8. The molecule has 2 fully saturated rings. The third-order valence-corrected chi connectivity index (χ3v) is 7.03. The molecule has 1 atom stereocenters. The maximum absolute atomic E-state index is 14.1. The number of hydroxylamine groups is 2. The van der Waals surface area contributed by atoms with Crippen LogP contribution in [0.3, 0.4) is 0 Å². The average molecular weight is 475 g/mol. The Labute approximate surface area is 201 Å². The quantitative estimate of drug-likeness (QED) is 0.542. The highest BCUT2D eigenvalue weighted by Crippen LogP contribution is 2.37. The first-order chi connectivity index (χ1) is 17.0. The number of nitriles is 2. The van der Waals surface area contributed by atoms with Gasteiger partial charge in [0.25, 0.3) is 0 Å². The Morgan fingerprint density at radius 1 is 1.06 bits per heavy atom. The minimum absolute atomic E-state index is 0.000551. The molecule has 0 radical (unpaired) electrons. The van der Waals surface area contributed by atoms with Crippen LogP contribution in [0.4, 0.5) is 8.78 Å². The molecule has 0 unspecified atom stereocenters. The van der Waals surface area contributed by atoms with E-state index < -0.39 is 17.7 Å². The Morgan fingerprint density at radius 3 is 2.60 bits per heavy atom. The molecular weight excluding hydrogens is 452 g/mol. The van der Waals surface area contributed by atoms with Crippen molar-refractivity contribution >= 4 is 16.8 Å². The largest absolute Gasteiger partial charge is 0.272 e. The molecule has 5 rings (SSSR count). The van der Waals surface area contributed by atoms with Gasteiger partial charge in [0.2, 0.25) is 5.91 Å². The van der Waals surface area contributed by atoms with Crippen LogP contribution in [0.2, 0.25) is 0 Å². The highest BCUT2D eigenvalue weighted by atomic mass is 19.1. The van der Waals surface area contributed by atoms with E-state index in [4.69, 9.17) is 15.4 Å². The maximum atomic E-state index is 14.1. The Kier molecular flexibility index (Phi) is 6.19. The molecular formula is C26H23F2N5O2. The molecule has 1 aliphatic heterocycles. The van der Waals surface area contributed by atoms with E-state index >= 15 is 0 Å². The van der Waals surface area contributed by atoms with Crippen molar-refractivity contribution in [1.82, 2.24) is 14.8 Å². The predicted molar refractivity (Wildman–Crippen MR) is 121 cm³/mol. The van der Waals surface area contributed by atoms with Crippen molar-refractivity contribution in [1.29, 1.82) is 10.5 Å². The summed E-state index contributed by atoms with van der Waals surface area (Å²) in [7, 11) is 0. The van der Waals surface area contributed by atoms with Gasteiger partial charge in [-0.1, -0.05) is 0 Å². The van der Waals surface area contributed by atoms with Gasteiger partial charge in [-0.3, -0.25) is 14.3 Å². The van der Waals surface area contributed by atoms with Gasteiger partial charge in [-0.05, 0) is 61.4 Å². The monoisotopic (exact) mass is 475 g/mol. The van der Waals surface area contributed by atoms with Gasteiger partial charge in [0.1, 0.15) is 17.7 Å². The summed E-state index contributed by atoms with van der Waals surface area (Å²) in [5.74, 6) is -1.08. The normalized spacial score (nSPS) is 22.2. The van der Waals surface area contributed by atoms with Crippen molar-refractivity contribution in [2.24, 2.45) is 11.8 Å². The molecule has 3 aromatic rings. The third-order valence-electron chi connectivity index (χ3n) is 7.03. The number of fused-ring (bicyclic) bond motifs is 1. The first-order valence-electron chi connectivity index (χ1n) is 11.7. The number of benzene rings is 2. The van der Waals surface area contributed by atoms with E-state index in [9.17, 15) is 13.6 Å². The summed E-state index contributed by atoms with van der Waals surface area (Å²) in [6.07, 6.45) is 5.19. The Balaban J connectivity index is 1.24. The number of rotatable bonds is 4. The fourth-order valence-corrected chi connectivity index (χ4v) is 5.21. The molecule has 178 valence electrons. The van der Waals surface area contributed by atoms with Gasteiger partial charge in [-0.15, -0.1) is 0 Å². The Morgan fingerprint density at radius 2 is 1.86 bits per heavy atom. The van der Waals surface area contributed by atoms with E-state index in [2.05, 4.69) is 5.10 Å². The molecule has 1 aliphatic carbocycles. The summed E-state index contributed by atoms with van der Waals surface area (Å²) >= 11 is 0. The standard InChI is InChI=1S/C26H23F2N5O2/c27-22-8-17(12-29)7-19(10-22)24-5-6-35-33(24)26(34)18-3-1-16(2-4-18)15-32-25-11-23(28)20(13-30)9-21(25)14-31-32/h7-11,14,16,18,24H,1-6,15H2/t16?,18?,24-/m0/s1. The van der Waals surface area contributed by atoms with Crippen LogP contribution in [0.15, 0.2) is 36.5 Å². The highest BCUT2D eigenvalue weighted by Gasteiger charge is 2.37. The van der Waals surface area contributed by atoms with Crippen LogP contribution in [0.25, 0.3) is 10.9 Å². The van der Waals surface area contributed by atoms with Gasteiger partial charge in [-0.25, -0.2) is 13.8 Å². The topological polar surface area (TPSA) is 94.9 Å². The Bertz CT molecular complexity index is 1360. The molecule has 1 saturated heterocycles. The summed E-state index contributed by atoms with van der Waals surface area (Å²) in [6.45, 7) is 0.972. The molecule has 0 spiro atoms. The van der Waals surface area contributed by atoms with E-state index in [1.807, 2.05) is 12.1 Å². The number of aromatic nitrogens is 2. The minimum atomic E-state index is -0.559. The van der Waals surface area contributed by atoms with Crippen LogP contribution in [0, 0.1) is 46.1 Å². The highest BCUT2D eigenvalue weighted by molar-refractivity contribution is 5.80. The number of carbonyl (C=O) groups is 1. The molecule has 9 heteroatoms. The second-order valence-electron chi connectivity index (χ2n) is 9.23. The Hall–Kier alpha value is -3.82. The van der Waals surface area contributed by atoms with Crippen LogP contribution in [-0.2, 0) is 16.2 Å². The lowest BCUT2D eigenvalue weighted by Crippen LogP contribution is -2.37. The molecule has 7 nitrogen and oxygen atoms in total. The van der Waals surface area contributed by atoms with Crippen molar-refractivity contribution < 1.29 is 18.4 Å². The molecule has 1 saturated carbocycles. The van der Waals surface area contributed by atoms with Crippen molar-refractivity contribution in [3.05, 3.63) is 64.9 Å². The molecule has 35 heavy (non-hydrogen) atoms. The first-order valence-corrected chi connectivity index (χ1v) is 11.7. The minimum Gasteiger partial charge on any atom is -0.272 e. The third kappa shape index (κ3) is 4.48. The zero-order chi connectivity index (χ0) is 24.5. The number of halogens is 2. The van der Waals surface area contributed by atoms with Crippen molar-refractivity contribution in [2.45, 2.75) is 44.7 Å². The van der Waals surface area contributed by atoms with E-state index in [0.717, 1.165) is 18.2 Å². The van der Waals surface area contributed by atoms with E-state index in [-0.39, 0.29) is 28.9 Å². The summed E-state index contributed by atoms with van der Waals surface area (Å²) in [6, 6.07) is 10.4. The van der Waals surface area contributed by atoms with Crippen LogP contribution in [-0.4, -0.2) is 27.4 Å². The first kappa shape index (κ1) is 22.9. The molecule has 1 aromatic heterocycles. The van der Waals surface area contributed by atoms with Crippen LogP contribution < -0.4 is 0 Å². The van der Waals surface area contributed by atoms with Gasteiger partial charge < -0.3 is 0 Å². The smallest absolute Gasteiger partial charge is 0.249 e. The molecule has 2 aliphatic rings. The summed E-state index contributed by atoms with van der Waals surface area (Å²) in [5, 5.41) is 24.7. The maximum Gasteiger partial charge on any atom is 0.249 e. The van der Waals surface area contributed by atoms with Crippen molar-refractivity contribution in [2.75, 3.05) is 6.61 Å². The van der Waals surface area contributed by atoms with E-state index in [1.54, 1.807) is 16.9 Å². The SMILES string of the molecule is N#Cc1cc(F)cc([C@@H]2CCON2C(=O)C2CCC(Cn3ncc4cc(C#N)c(F)cc43)CC2)c1. The molecule has 2 aromatic carbocycles. The zero-order valence-corrected chi connectivity index (χ0v) is 19.0. The van der Waals surface area contributed by atoms with Crippen LogP contribution >= 0.6 is 0 Å². The van der Waals surface area contributed by atoms with Crippen molar-refractivity contribution in [3.63, 3.8) is 0 Å². The lowest BCUT2D eigenvalue weighted by atomic mass is 9.81. The molecule has 0 N–H and O–H groups in total. The number of carbonyl (C=O) groups excluding carboxylic acids is 1. The van der Waals surface area contributed by atoms with Gasteiger partial charge in [-0.2, -0.15) is 15.6 Å². The number of amides is 1. The van der Waals surface area contributed by atoms with Gasteiger partial charge in [0.15, 0.2) is 0 Å². The van der Waals surface area contributed by atoms with Crippen LogP contribution in [0.1, 0.15) is 54.8 Å². The van der Waals surface area contributed by atoms with Gasteiger partial charge >= 0.3 is 0 Å². The predicted octanol–water partition coefficient (Wildman–Crippen LogP) is 4.77. The summed E-state index contributed by atoms with van der Waals surface area (Å²) in [4.78, 5) is 18.9. The van der Waals surface area contributed by atoms with Gasteiger partial charge in [0, 0.05) is 30.3 Å². The second-order valence-corrected chi connectivity index (χ2v) is 9.23. The molecule has 2 heterocycles. The average Bonchev–Trinajstić information content (AvgIpc) is 3.50. The fraction of sp³-hybridized carbons (Fsp3) is 0.385. The number of hydrogen-bond acceptors (Lipinski definition) is 5. The lowest BCUT2D eigenvalue weighted by Gasteiger charge is -2.32. The fourth-order valence-electron chi connectivity index (χ4n) is 5.21. The molecule has 0 bridgehead atoms. The van der Waals surface area contributed by atoms with Crippen LogP contribution in [0.5, 0.6) is 0 Å². The summed E-state index contributed by atoms with van der Waals surface area (Å²) in [5.41, 5.74) is 1.44. The van der Waals surface area contributed by atoms with Crippen molar-refractivity contribution in [3.8, 4) is 12.1 Å². The zero-order valence-electron chi connectivity index (χ0n) is 19.0. The lowest BCUT2D eigenvalue weighted by molar-refractivity contribution is -0.183.